The minimum absolute atomic E-state index is 0.175. The van der Waals surface area contributed by atoms with Crippen LogP contribution in [0.5, 0.6) is 0 Å². The van der Waals surface area contributed by atoms with Gasteiger partial charge in [-0.3, -0.25) is 19.2 Å². The van der Waals surface area contributed by atoms with Gasteiger partial charge in [-0.1, -0.05) is 50.3 Å². The van der Waals surface area contributed by atoms with Gasteiger partial charge in [0.2, 0.25) is 17.1 Å². The number of benzene rings is 1. The molecule has 2 fully saturated rings. The summed E-state index contributed by atoms with van der Waals surface area (Å²) in [6.07, 6.45) is 1.50. The molecule has 8 heteroatoms. The molecule has 0 bridgehead atoms. The standard InChI is InChI=1S/C22H23NO7/c1-4-14-10-11-15(24)20(14)12(2)16(25)21(30-20)18(27)22(29-3,23-19(21)28)17(26)13-8-6-5-7-9-13/h5-12,14,18,27H,4H2,1-3H3,(H,23,28)/t12-,14+,18-,20-,21-,22+/m1/s1. The van der Waals surface area contributed by atoms with Crippen molar-refractivity contribution < 1.29 is 33.8 Å². The first-order chi connectivity index (χ1) is 14.2. The van der Waals surface area contributed by atoms with Gasteiger partial charge in [0.15, 0.2) is 17.7 Å². The monoisotopic (exact) mass is 413 g/mol. The fourth-order valence-electron chi connectivity index (χ4n) is 5.01. The number of rotatable bonds is 4. The van der Waals surface area contributed by atoms with Crippen LogP contribution in [0.15, 0.2) is 42.5 Å². The van der Waals surface area contributed by atoms with Crippen LogP contribution in [0.3, 0.4) is 0 Å². The van der Waals surface area contributed by atoms with Crippen molar-refractivity contribution in [3.63, 3.8) is 0 Å². The maximum Gasteiger partial charge on any atom is 0.265 e. The van der Waals surface area contributed by atoms with E-state index in [1.54, 1.807) is 24.3 Å². The fourth-order valence-corrected chi connectivity index (χ4v) is 5.01. The van der Waals surface area contributed by atoms with Crippen LogP contribution in [0.2, 0.25) is 0 Å². The number of carbonyl (C=O) groups excluding carboxylic acids is 4. The summed E-state index contributed by atoms with van der Waals surface area (Å²) in [6.45, 7) is 3.35. The Morgan fingerprint density at radius 1 is 1.23 bits per heavy atom. The first-order valence-corrected chi connectivity index (χ1v) is 9.85. The minimum Gasteiger partial charge on any atom is -0.383 e. The molecule has 158 valence electrons. The van der Waals surface area contributed by atoms with Crippen LogP contribution >= 0.6 is 0 Å². The summed E-state index contributed by atoms with van der Waals surface area (Å²) in [5.41, 5.74) is -6.07. The third kappa shape index (κ3) is 2.21. The number of ether oxygens (including phenoxy) is 2. The number of hydrogen-bond donors (Lipinski definition) is 2. The molecule has 1 aromatic carbocycles. The molecule has 1 aliphatic carbocycles. The maximum absolute atomic E-state index is 13.4. The molecule has 3 aliphatic rings. The predicted octanol–water partition coefficient (Wildman–Crippen LogP) is 0.581. The van der Waals surface area contributed by atoms with E-state index in [9.17, 15) is 24.3 Å². The highest BCUT2D eigenvalue weighted by Crippen LogP contribution is 2.53. The summed E-state index contributed by atoms with van der Waals surface area (Å²) >= 11 is 0. The lowest BCUT2D eigenvalue weighted by Crippen LogP contribution is -2.61. The topological polar surface area (TPSA) is 119 Å². The molecule has 30 heavy (non-hydrogen) atoms. The molecule has 0 saturated carbocycles. The molecule has 8 nitrogen and oxygen atoms in total. The number of ketones is 3. The zero-order chi connectivity index (χ0) is 21.9. The highest BCUT2D eigenvalue weighted by Gasteiger charge is 2.79. The number of carbonyl (C=O) groups is 4. The van der Waals surface area contributed by atoms with Crippen molar-refractivity contribution in [1.29, 1.82) is 0 Å². The van der Waals surface area contributed by atoms with Crippen molar-refractivity contribution in [2.75, 3.05) is 7.11 Å². The van der Waals surface area contributed by atoms with E-state index in [2.05, 4.69) is 5.32 Å². The molecule has 6 atom stereocenters. The lowest BCUT2D eigenvalue weighted by Gasteiger charge is -2.35. The number of hydrogen-bond acceptors (Lipinski definition) is 7. The van der Waals surface area contributed by atoms with Crippen LogP contribution in [0.4, 0.5) is 0 Å². The Labute approximate surface area is 173 Å². The van der Waals surface area contributed by atoms with Gasteiger partial charge >= 0.3 is 0 Å². The zero-order valence-corrected chi connectivity index (χ0v) is 16.9. The first-order valence-electron chi connectivity index (χ1n) is 9.85. The van der Waals surface area contributed by atoms with Gasteiger partial charge in [-0.2, -0.15) is 0 Å². The van der Waals surface area contributed by atoms with Gasteiger partial charge in [-0.05, 0) is 12.5 Å². The highest BCUT2D eigenvalue weighted by atomic mass is 16.6. The lowest BCUT2D eigenvalue weighted by molar-refractivity contribution is -0.189. The van der Waals surface area contributed by atoms with Crippen LogP contribution < -0.4 is 5.32 Å². The van der Waals surface area contributed by atoms with Crippen LogP contribution in [0, 0.1) is 11.8 Å². The molecule has 2 heterocycles. The normalized spacial score (nSPS) is 40.0. The quantitative estimate of drug-likeness (QED) is 0.547. The number of methoxy groups -OCH3 is 1. The van der Waals surface area contributed by atoms with E-state index < -0.39 is 58.1 Å². The number of nitrogens with one attached hydrogen (secondary N) is 1. The van der Waals surface area contributed by atoms with Gasteiger partial charge in [0.05, 0.1) is 5.92 Å². The van der Waals surface area contributed by atoms with Gasteiger partial charge in [0, 0.05) is 18.6 Å². The summed E-state index contributed by atoms with van der Waals surface area (Å²) in [6, 6.07) is 7.97. The Balaban J connectivity index is 1.82. The first kappa shape index (κ1) is 20.6. The van der Waals surface area contributed by atoms with E-state index in [0.29, 0.717) is 6.42 Å². The molecule has 2 spiro atoms. The molecule has 2 N–H and O–H groups in total. The van der Waals surface area contributed by atoms with E-state index in [4.69, 9.17) is 9.47 Å². The molecule has 1 amide bonds. The number of amides is 1. The predicted molar refractivity (Wildman–Crippen MR) is 103 cm³/mol. The van der Waals surface area contributed by atoms with E-state index >= 15 is 0 Å². The maximum atomic E-state index is 13.4. The molecular weight excluding hydrogens is 390 g/mol. The number of Topliss-reactive ketones (excluding diaryl/α,β-unsaturated/α-hetero) is 2. The Morgan fingerprint density at radius 2 is 1.90 bits per heavy atom. The second kappa shape index (κ2) is 6.66. The molecule has 2 saturated heterocycles. The Hall–Kier alpha value is -2.68. The Morgan fingerprint density at radius 3 is 2.50 bits per heavy atom. The average Bonchev–Trinajstić information content (AvgIpc) is 3.29. The number of aliphatic hydroxyl groups excluding tert-OH is 1. The Bertz CT molecular complexity index is 973. The molecule has 0 aromatic heterocycles. The van der Waals surface area contributed by atoms with Crippen LogP contribution in [0.1, 0.15) is 30.6 Å². The molecule has 0 radical (unpaired) electrons. The second-order valence-corrected chi connectivity index (χ2v) is 7.95. The van der Waals surface area contributed by atoms with Crippen molar-refractivity contribution in [1.82, 2.24) is 5.32 Å². The van der Waals surface area contributed by atoms with Gasteiger partial charge in [0.25, 0.3) is 5.91 Å². The lowest BCUT2D eigenvalue weighted by atomic mass is 9.75. The number of aliphatic hydroxyl groups is 1. The van der Waals surface area contributed by atoms with Gasteiger partial charge in [0.1, 0.15) is 5.60 Å². The smallest absolute Gasteiger partial charge is 0.265 e. The average molecular weight is 413 g/mol. The third-order valence-corrected chi connectivity index (χ3v) is 6.69. The van der Waals surface area contributed by atoms with Crippen molar-refractivity contribution in [2.45, 2.75) is 43.3 Å². The molecule has 0 unspecified atom stereocenters. The summed E-state index contributed by atoms with van der Waals surface area (Å²) in [5, 5.41) is 13.6. The summed E-state index contributed by atoms with van der Waals surface area (Å²) in [5.74, 6) is -4.34. The van der Waals surface area contributed by atoms with Gasteiger partial charge < -0.3 is 19.9 Å². The molecular formula is C22H23NO7. The molecule has 1 aromatic rings. The van der Waals surface area contributed by atoms with Crippen LogP contribution in [0.25, 0.3) is 0 Å². The highest BCUT2D eigenvalue weighted by molar-refractivity contribution is 6.21. The van der Waals surface area contributed by atoms with Crippen LogP contribution in [-0.4, -0.2) is 58.5 Å². The van der Waals surface area contributed by atoms with E-state index in [1.807, 2.05) is 6.92 Å². The summed E-state index contributed by atoms with van der Waals surface area (Å²) in [7, 11) is 1.15. The van der Waals surface area contributed by atoms with E-state index in [0.717, 1.165) is 7.11 Å². The van der Waals surface area contributed by atoms with Crippen LogP contribution in [-0.2, 0) is 23.9 Å². The third-order valence-electron chi connectivity index (χ3n) is 6.69. The Kier molecular flexibility index (Phi) is 4.57. The van der Waals surface area contributed by atoms with Gasteiger partial charge in [-0.25, -0.2) is 0 Å². The van der Waals surface area contributed by atoms with Crippen molar-refractivity contribution in [3.8, 4) is 0 Å². The zero-order valence-electron chi connectivity index (χ0n) is 16.9. The minimum atomic E-state index is -2.42. The van der Waals surface area contributed by atoms with E-state index in [1.165, 1.54) is 25.1 Å². The van der Waals surface area contributed by atoms with Gasteiger partial charge in [-0.15, -0.1) is 0 Å². The van der Waals surface area contributed by atoms with Crippen molar-refractivity contribution >= 4 is 23.3 Å². The van der Waals surface area contributed by atoms with Crippen molar-refractivity contribution in [2.24, 2.45) is 11.8 Å². The fraction of sp³-hybridized carbons (Fsp3) is 0.455. The summed E-state index contributed by atoms with van der Waals surface area (Å²) in [4.78, 5) is 52.5. The second-order valence-electron chi connectivity index (χ2n) is 7.95. The molecule has 4 rings (SSSR count). The van der Waals surface area contributed by atoms with Crippen molar-refractivity contribution in [3.05, 3.63) is 48.0 Å². The summed E-state index contributed by atoms with van der Waals surface area (Å²) < 4.78 is 11.3. The largest absolute Gasteiger partial charge is 0.383 e. The molecule has 2 aliphatic heterocycles. The SMILES string of the molecule is CC[C@H]1C=CC(=O)[C@]12O[C@]1(C(=O)N[C@](OC)(C(=O)c3ccccc3)[C@@H]1O)C(=O)[C@H]2C. The van der Waals surface area contributed by atoms with E-state index in [-0.39, 0.29) is 5.56 Å².